The minimum absolute atomic E-state index is 0.0493. The molecule has 0 amide bonds. The van der Waals surface area contributed by atoms with Gasteiger partial charge in [-0.25, -0.2) is 0 Å². The zero-order valence-electron chi connectivity index (χ0n) is 10.4. The fourth-order valence-electron chi connectivity index (χ4n) is 1.26. The van der Waals surface area contributed by atoms with Crippen molar-refractivity contribution in [1.82, 2.24) is 5.32 Å². The molecule has 0 aliphatic rings. The summed E-state index contributed by atoms with van der Waals surface area (Å²) in [5.41, 5.74) is 5.69. The molecule has 4 nitrogen and oxygen atoms in total. The molecule has 1 atom stereocenters. The van der Waals surface area contributed by atoms with Crippen molar-refractivity contribution < 1.29 is 5.11 Å². The molecule has 1 unspecified atom stereocenters. The first-order chi connectivity index (χ1) is 6.89. The van der Waals surface area contributed by atoms with Crippen LogP contribution in [0.5, 0.6) is 0 Å². The Kier molecular flexibility index (Phi) is 6.32. The highest BCUT2D eigenvalue weighted by molar-refractivity contribution is 5.78. The molecular weight excluding hydrogens is 190 g/mol. The number of aliphatic hydroxyl groups excluding tert-OH is 1. The summed E-state index contributed by atoms with van der Waals surface area (Å²) >= 11 is 0. The molecule has 0 aliphatic heterocycles. The summed E-state index contributed by atoms with van der Waals surface area (Å²) in [6, 6.07) is 0. The number of nitrogens with one attached hydrogen (secondary N) is 1. The number of rotatable bonds is 5. The van der Waals surface area contributed by atoms with Crippen molar-refractivity contribution >= 4 is 5.96 Å². The van der Waals surface area contributed by atoms with Crippen LogP contribution in [-0.4, -0.2) is 29.8 Å². The van der Waals surface area contributed by atoms with Crippen molar-refractivity contribution in [3.05, 3.63) is 0 Å². The summed E-state index contributed by atoms with van der Waals surface area (Å²) < 4.78 is 0. The summed E-state index contributed by atoms with van der Waals surface area (Å²) in [7, 11) is 0. The van der Waals surface area contributed by atoms with Gasteiger partial charge in [0.15, 0.2) is 5.96 Å². The van der Waals surface area contributed by atoms with Gasteiger partial charge < -0.3 is 16.2 Å². The summed E-state index contributed by atoms with van der Waals surface area (Å²) in [5, 5.41) is 11.9. The Morgan fingerprint density at radius 3 is 2.47 bits per heavy atom. The number of hydrogen-bond acceptors (Lipinski definition) is 2. The lowest BCUT2D eigenvalue weighted by Crippen LogP contribution is -2.45. The van der Waals surface area contributed by atoms with Crippen molar-refractivity contribution in [3.8, 4) is 0 Å². The van der Waals surface area contributed by atoms with Gasteiger partial charge in [0.25, 0.3) is 0 Å². The zero-order chi connectivity index (χ0) is 11.9. The first kappa shape index (κ1) is 14.2. The van der Waals surface area contributed by atoms with E-state index in [1.165, 1.54) is 0 Å². The Balaban J connectivity index is 4.02. The predicted molar refractivity (Wildman–Crippen MR) is 64.9 cm³/mol. The van der Waals surface area contributed by atoms with Gasteiger partial charge in [-0.3, -0.25) is 4.99 Å². The zero-order valence-corrected chi connectivity index (χ0v) is 10.4. The van der Waals surface area contributed by atoms with Crippen LogP contribution in [0.2, 0.25) is 0 Å². The molecule has 0 aromatic carbocycles. The number of nitrogens with two attached hydrogens (primary N) is 1. The van der Waals surface area contributed by atoms with E-state index in [0.29, 0.717) is 18.4 Å². The first-order valence-electron chi connectivity index (χ1n) is 5.58. The Morgan fingerprint density at radius 1 is 1.47 bits per heavy atom. The van der Waals surface area contributed by atoms with Gasteiger partial charge in [0.1, 0.15) is 0 Å². The fraction of sp³-hybridized carbons (Fsp3) is 0.909. The molecule has 0 spiro atoms. The highest BCUT2D eigenvalue weighted by Crippen LogP contribution is 2.07. The highest BCUT2D eigenvalue weighted by Gasteiger charge is 2.10. The molecule has 0 heterocycles. The second kappa shape index (κ2) is 6.67. The average Bonchev–Trinajstić information content (AvgIpc) is 2.09. The largest absolute Gasteiger partial charge is 0.396 e. The molecule has 0 saturated carbocycles. The molecule has 0 bridgehead atoms. The lowest BCUT2D eigenvalue weighted by molar-refractivity contribution is 0.256. The van der Waals surface area contributed by atoms with Crippen molar-refractivity contribution in [2.45, 2.75) is 46.1 Å². The van der Waals surface area contributed by atoms with Crippen LogP contribution in [0.4, 0.5) is 0 Å². The van der Waals surface area contributed by atoms with E-state index < -0.39 is 0 Å². The smallest absolute Gasteiger partial charge is 0.188 e. The minimum Gasteiger partial charge on any atom is -0.396 e. The lowest BCUT2D eigenvalue weighted by atomic mass is 10.0. The van der Waals surface area contributed by atoms with Crippen molar-refractivity contribution in [1.29, 1.82) is 0 Å². The van der Waals surface area contributed by atoms with Crippen LogP contribution in [0.25, 0.3) is 0 Å². The molecule has 4 heteroatoms. The molecule has 0 rings (SSSR count). The van der Waals surface area contributed by atoms with E-state index in [1.807, 2.05) is 20.8 Å². The molecule has 4 N–H and O–H groups in total. The van der Waals surface area contributed by atoms with Crippen LogP contribution in [0, 0.1) is 5.92 Å². The summed E-state index contributed by atoms with van der Waals surface area (Å²) in [4.78, 5) is 4.27. The summed E-state index contributed by atoms with van der Waals surface area (Å²) in [5.74, 6) is 0.911. The number of aliphatic hydroxyl groups is 1. The maximum absolute atomic E-state index is 8.82. The molecular formula is C11H25N3O. The monoisotopic (exact) mass is 215 g/mol. The van der Waals surface area contributed by atoms with E-state index in [-0.39, 0.29) is 12.1 Å². The van der Waals surface area contributed by atoms with Gasteiger partial charge in [-0.1, -0.05) is 13.3 Å². The van der Waals surface area contributed by atoms with Crippen molar-refractivity contribution in [3.63, 3.8) is 0 Å². The van der Waals surface area contributed by atoms with Gasteiger partial charge >= 0.3 is 0 Å². The van der Waals surface area contributed by atoms with E-state index in [1.54, 1.807) is 0 Å². The Labute approximate surface area is 93.0 Å². The molecule has 0 aromatic heterocycles. The van der Waals surface area contributed by atoms with E-state index in [9.17, 15) is 0 Å². The van der Waals surface area contributed by atoms with Crippen LogP contribution in [0.15, 0.2) is 4.99 Å². The van der Waals surface area contributed by atoms with E-state index in [2.05, 4.69) is 17.2 Å². The number of hydrogen-bond donors (Lipinski definition) is 3. The van der Waals surface area contributed by atoms with Gasteiger partial charge in [0, 0.05) is 18.7 Å². The molecule has 0 aliphatic carbocycles. The SMILES string of the molecule is CCC(CCO)CN=C(N)NC(C)(C)C. The standard InChI is InChI=1S/C11H25N3O/c1-5-9(6-7-15)8-13-10(12)14-11(2,3)4/h9,15H,5-8H2,1-4H3,(H3,12,13,14). The third-order valence-electron chi connectivity index (χ3n) is 2.14. The Hall–Kier alpha value is -0.770. The van der Waals surface area contributed by atoms with Gasteiger partial charge in [0.2, 0.25) is 0 Å². The van der Waals surface area contributed by atoms with Crippen molar-refractivity contribution in [2.24, 2.45) is 16.6 Å². The second-order valence-electron chi connectivity index (χ2n) is 4.89. The average molecular weight is 215 g/mol. The first-order valence-corrected chi connectivity index (χ1v) is 5.58. The highest BCUT2D eigenvalue weighted by atomic mass is 16.3. The van der Waals surface area contributed by atoms with Crippen LogP contribution < -0.4 is 11.1 Å². The van der Waals surface area contributed by atoms with Crippen LogP contribution >= 0.6 is 0 Å². The topological polar surface area (TPSA) is 70.6 Å². The number of guanidine groups is 1. The Bertz CT molecular complexity index is 196. The lowest BCUT2D eigenvalue weighted by Gasteiger charge is -2.21. The fourth-order valence-corrected chi connectivity index (χ4v) is 1.26. The van der Waals surface area contributed by atoms with E-state index in [0.717, 1.165) is 12.8 Å². The molecule has 0 radical (unpaired) electrons. The van der Waals surface area contributed by atoms with E-state index in [4.69, 9.17) is 10.8 Å². The van der Waals surface area contributed by atoms with Crippen LogP contribution in [-0.2, 0) is 0 Å². The van der Waals surface area contributed by atoms with Gasteiger partial charge in [-0.15, -0.1) is 0 Å². The van der Waals surface area contributed by atoms with Crippen molar-refractivity contribution in [2.75, 3.05) is 13.2 Å². The van der Waals surface area contributed by atoms with Crippen LogP contribution in [0.1, 0.15) is 40.5 Å². The van der Waals surface area contributed by atoms with Gasteiger partial charge in [-0.05, 0) is 33.1 Å². The molecule has 90 valence electrons. The molecule has 0 aromatic rings. The number of aliphatic imine (C=N–C) groups is 1. The Morgan fingerprint density at radius 2 is 2.07 bits per heavy atom. The molecule has 0 saturated heterocycles. The predicted octanol–water partition coefficient (Wildman–Crippen LogP) is 1.10. The minimum atomic E-state index is -0.0493. The third kappa shape index (κ3) is 8.24. The summed E-state index contributed by atoms with van der Waals surface area (Å²) in [6.45, 7) is 9.14. The maximum Gasteiger partial charge on any atom is 0.188 e. The number of nitrogens with zero attached hydrogens (tertiary/aromatic N) is 1. The normalized spacial score (nSPS) is 15.1. The van der Waals surface area contributed by atoms with Gasteiger partial charge in [0.05, 0.1) is 0 Å². The quantitative estimate of drug-likeness (QED) is 0.475. The second-order valence-corrected chi connectivity index (χ2v) is 4.89. The summed E-state index contributed by atoms with van der Waals surface area (Å²) in [6.07, 6.45) is 1.82. The van der Waals surface area contributed by atoms with E-state index >= 15 is 0 Å². The maximum atomic E-state index is 8.82. The molecule has 15 heavy (non-hydrogen) atoms. The third-order valence-corrected chi connectivity index (χ3v) is 2.14. The van der Waals surface area contributed by atoms with Crippen LogP contribution in [0.3, 0.4) is 0 Å². The van der Waals surface area contributed by atoms with Gasteiger partial charge in [-0.2, -0.15) is 0 Å². The molecule has 0 fully saturated rings.